The molecule has 0 bridgehead atoms. The number of hydrogen-bond donors (Lipinski definition) is 2. The van der Waals surface area contributed by atoms with Crippen LogP contribution in [0.4, 0.5) is 0 Å². The van der Waals surface area contributed by atoms with Crippen molar-refractivity contribution in [2.75, 3.05) is 13.1 Å². The lowest BCUT2D eigenvalue weighted by molar-refractivity contribution is 0.421. The SMILES string of the molecule is CCNC(=NCCc1noc(-c2ccccn2)n1)NC(C)CCCC(C)C.I. The molecule has 0 aliphatic heterocycles. The van der Waals surface area contributed by atoms with Crippen LogP contribution in [0.1, 0.15) is 52.8 Å². The van der Waals surface area contributed by atoms with Crippen LogP contribution in [0.25, 0.3) is 11.6 Å². The second kappa shape index (κ2) is 13.5. The lowest BCUT2D eigenvalue weighted by atomic mass is 10.0. The van der Waals surface area contributed by atoms with E-state index in [0.717, 1.165) is 24.8 Å². The predicted molar refractivity (Wildman–Crippen MR) is 124 cm³/mol. The predicted octanol–water partition coefficient (Wildman–Crippen LogP) is 4.06. The van der Waals surface area contributed by atoms with Gasteiger partial charge < -0.3 is 15.2 Å². The Morgan fingerprint density at radius 2 is 2.04 bits per heavy atom. The summed E-state index contributed by atoms with van der Waals surface area (Å²) in [4.78, 5) is 13.2. The molecule has 7 nitrogen and oxygen atoms in total. The number of rotatable bonds is 10. The maximum Gasteiger partial charge on any atom is 0.276 e. The molecular weight excluding hydrogens is 467 g/mol. The summed E-state index contributed by atoms with van der Waals surface area (Å²) in [7, 11) is 0. The summed E-state index contributed by atoms with van der Waals surface area (Å²) in [5, 5.41) is 10.8. The molecule has 0 spiro atoms. The number of aromatic nitrogens is 3. The molecule has 1 atom stereocenters. The van der Waals surface area contributed by atoms with E-state index in [1.54, 1.807) is 6.20 Å². The van der Waals surface area contributed by atoms with Crippen LogP contribution in [0, 0.1) is 5.92 Å². The summed E-state index contributed by atoms with van der Waals surface area (Å²) in [5.41, 5.74) is 0.685. The maximum absolute atomic E-state index is 5.28. The molecule has 1 unspecified atom stereocenters. The Morgan fingerprint density at radius 1 is 1.21 bits per heavy atom. The summed E-state index contributed by atoms with van der Waals surface area (Å²) >= 11 is 0. The normalized spacial score (nSPS) is 12.5. The molecule has 2 rings (SSSR count). The van der Waals surface area contributed by atoms with Crippen molar-refractivity contribution in [3.8, 4) is 11.6 Å². The molecule has 2 aromatic heterocycles. The number of guanidine groups is 1. The second-order valence-electron chi connectivity index (χ2n) is 7.11. The number of nitrogens with one attached hydrogen (secondary N) is 2. The van der Waals surface area contributed by atoms with Gasteiger partial charge in [0.05, 0.1) is 0 Å². The Balaban J connectivity index is 0.00000392. The molecular formula is C20H33IN6O. The van der Waals surface area contributed by atoms with Gasteiger partial charge in [-0.25, -0.2) is 0 Å². The van der Waals surface area contributed by atoms with Crippen molar-refractivity contribution in [1.29, 1.82) is 0 Å². The van der Waals surface area contributed by atoms with Crippen molar-refractivity contribution in [3.05, 3.63) is 30.2 Å². The van der Waals surface area contributed by atoms with Crippen molar-refractivity contribution in [2.45, 2.75) is 59.4 Å². The second-order valence-corrected chi connectivity index (χ2v) is 7.11. The van der Waals surface area contributed by atoms with Gasteiger partial charge in [-0.05, 0) is 38.3 Å². The zero-order chi connectivity index (χ0) is 19.5. The molecule has 0 radical (unpaired) electrons. The smallest absolute Gasteiger partial charge is 0.276 e. The van der Waals surface area contributed by atoms with Crippen molar-refractivity contribution < 1.29 is 4.52 Å². The van der Waals surface area contributed by atoms with Gasteiger partial charge in [0.2, 0.25) is 0 Å². The molecule has 0 aliphatic carbocycles. The Kier molecular flexibility index (Phi) is 11.7. The highest BCUT2D eigenvalue weighted by atomic mass is 127. The van der Waals surface area contributed by atoms with Crippen LogP contribution >= 0.6 is 24.0 Å². The lowest BCUT2D eigenvalue weighted by Gasteiger charge is -2.18. The third-order valence-electron chi connectivity index (χ3n) is 4.10. The molecule has 0 aromatic carbocycles. The fourth-order valence-corrected chi connectivity index (χ4v) is 2.67. The molecule has 0 saturated heterocycles. The molecule has 0 amide bonds. The fourth-order valence-electron chi connectivity index (χ4n) is 2.67. The van der Waals surface area contributed by atoms with Crippen LogP contribution in [0.5, 0.6) is 0 Å². The first-order valence-corrected chi connectivity index (χ1v) is 9.87. The topological polar surface area (TPSA) is 88.2 Å². The fraction of sp³-hybridized carbons (Fsp3) is 0.600. The summed E-state index contributed by atoms with van der Waals surface area (Å²) in [6, 6.07) is 5.99. The van der Waals surface area contributed by atoms with Crippen LogP contribution in [-0.2, 0) is 6.42 Å². The van der Waals surface area contributed by atoms with E-state index in [0.29, 0.717) is 36.4 Å². The molecule has 2 N–H and O–H groups in total. The van der Waals surface area contributed by atoms with E-state index in [2.05, 4.69) is 58.4 Å². The van der Waals surface area contributed by atoms with Gasteiger partial charge in [-0.2, -0.15) is 4.98 Å². The molecule has 0 aliphatic rings. The third-order valence-corrected chi connectivity index (χ3v) is 4.10. The minimum Gasteiger partial charge on any atom is -0.357 e. The molecule has 0 saturated carbocycles. The Morgan fingerprint density at radius 3 is 2.71 bits per heavy atom. The van der Waals surface area contributed by atoms with Gasteiger partial charge in [-0.3, -0.25) is 9.98 Å². The first-order chi connectivity index (χ1) is 13.1. The molecule has 2 aromatic rings. The number of pyridine rings is 1. The molecule has 156 valence electrons. The van der Waals surface area contributed by atoms with Gasteiger partial charge in [-0.1, -0.05) is 37.9 Å². The molecule has 8 heteroatoms. The highest BCUT2D eigenvalue weighted by Crippen LogP contribution is 2.13. The van der Waals surface area contributed by atoms with Gasteiger partial charge in [-0.15, -0.1) is 24.0 Å². The molecule has 28 heavy (non-hydrogen) atoms. The van der Waals surface area contributed by atoms with Crippen molar-refractivity contribution in [3.63, 3.8) is 0 Å². The monoisotopic (exact) mass is 500 g/mol. The minimum atomic E-state index is 0. The van der Waals surface area contributed by atoms with Crippen molar-refractivity contribution in [2.24, 2.45) is 10.9 Å². The van der Waals surface area contributed by atoms with Crippen LogP contribution in [-0.4, -0.2) is 40.2 Å². The maximum atomic E-state index is 5.28. The molecule has 2 heterocycles. The van der Waals surface area contributed by atoms with Crippen LogP contribution in [0.2, 0.25) is 0 Å². The van der Waals surface area contributed by atoms with E-state index in [1.165, 1.54) is 12.8 Å². The number of nitrogens with zero attached hydrogens (tertiary/aromatic N) is 4. The highest BCUT2D eigenvalue weighted by Gasteiger charge is 2.10. The van der Waals surface area contributed by atoms with Crippen LogP contribution in [0.15, 0.2) is 33.9 Å². The number of halogens is 1. The summed E-state index contributed by atoms with van der Waals surface area (Å²) < 4.78 is 5.28. The lowest BCUT2D eigenvalue weighted by Crippen LogP contribution is -2.42. The van der Waals surface area contributed by atoms with E-state index in [9.17, 15) is 0 Å². The number of hydrogen-bond acceptors (Lipinski definition) is 5. The van der Waals surface area contributed by atoms with Gasteiger partial charge in [0.1, 0.15) is 5.69 Å². The average Bonchev–Trinajstić information content (AvgIpc) is 3.11. The quantitative estimate of drug-likeness (QED) is 0.291. The van der Waals surface area contributed by atoms with E-state index >= 15 is 0 Å². The Hall–Kier alpha value is -1.71. The van der Waals surface area contributed by atoms with Crippen LogP contribution in [0.3, 0.4) is 0 Å². The third kappa shape index (κ3) is 8.99. The largest absolute Gasteiger partial charge is 0.357 e. The van der Waals surface area contributed by atoms with Gasteiger partial charge in [0.25, 0.3) is 5.89 Å². The Bertz CT molecular complexity index is 689. The summed E-state index contributed by atoms with van der Waals surface area (Å²) in [5.74, 6) is 2.67. The first-order valence-electron chi connectivity index (χ1n) is 9.87. The average molecular weight is 500 g/mol. The molecule has 0 fully saturated rings. The minimum absolute atomic E-state index is 0. The van der Waals surface area contributed by atoms with E-state index in [4.69, 9.17) is 4.52 Å². The van der Waals surface area contributed by atoms with Crippen molar-refractivity contribution >= 4 is 29.9 Å². The zero-order valence-electron chi connectivity index (χ0n) is 17.3. The van der Waals surface area contributed by atoms with E-state index in [-0.39, 0.29) is 24.0 Å². The standard InChI is InChI=1S/C20H32N6O.HI/c1-5-21-20(24-16(4)10-8-9-15(2)3)23-14-12-18-25-19(27-26-18)17-11-6-7-13-22-17;/h6-7,11,13,15-16H,5,8-10,12,14H2,1-4H3,(H2,21,23,24);1H. The first kappa shape index (κ1) is 24.3. The van der Waals surface area contributed by atoms with E-state index < -0.39 is 0 Å². The highest BCUT2D eigenvalue weighted by molar-refractivity contribution is 14.0. The number of aliphatic imine (C=N–C) groups is 1. The van der Waals surface area contributed by atoms with E-state index in [1.807, 2.05) is 18.2 Å². The van der Waals surface area contributed by atoms with Gasteiger partial charge in [0.15, 0.2) is 11.8 Å². The summed E-state index contributed by atoms with van der Waals surface area (Å²) in [6.07, 6.45) is 5.95. The zero-order valence-corrected chi connectivity index (χ0v) is 19.6. The van der Waals surface area contributed by atoms with Crippen molar-refractivity contribution in [1.82, 2.24) is 25.8 Å². The van der Waals surface area contributed by atoms with Gasteiger partial charge in [0, 0.05) is 31.7 Å². The van der Waals surface area contributed by atoms with Gasteiger partial charge >= 0.3 is 0 Å². The Labute approximate surface area is 185 Å². The van der Waals surface area contributed by atoms with Crippen LogP contribution < -0.4 is 10.6 Å². The summed E-state index contributed by atoms with van der Waals surface area (Å²) in [6.45, 7) is 10.2.